The summed E-state index contributed by atoms with van der Waals surface area (Å²) in [6.07, 6.45) is 0. The maximum Gasteiger partial charge on any atom is 0.322 e. The van der Waals surface area contributed by atoms with Crippen LogP contribution in [0.2, 0.25) is 0 Å². The Hall–Kier alpha value is -1.75. The second kappa shape index (κ2) is 6.10. The van der Waals surface area contributed by atoms with Crippen LogP contribution in [-0.4, -0.2) is 37.8 Å². The molecule has 0 amide bonds. The van der Waals surface area contributed by atoms with Gasteiger partial charge >= 0.3 is 5.97 Å². The third-order valence-corrected chi connectivity index (χ3v) is 2.50. The molecular weight excluding hydrogens is 220 g/mol. The van der Waals surface area contributed by atoms with Crippen LogP contribution in [0.25, 0.3) is 0 Å². The van der Waals surface area contributed by atoms with Gasteiger partial charge in [0, 0.05) is 6.54 Å². The number of likely N-dealkylation sites (N-methyl/N-ethyl adjacent to an activating group) is 1. The van der Waals surface area contributed by atoms with Gasteiger partial charge < -0.3 is 20.5 Å². The van der Waals surface area contributed by atoms with E-state index in [1.165, 1.54) is 0 Å². The number of benzene rings is 1. The zero-order valence-corrected chi connectivity index (χ0v) is 10.3. The summed E-state index contributed by atoms with van der Waals surface area (Å²) in [4.78, 5) is 10.8. The Labute approximate surface area is 101 Å². The summed E-state index contributed by atoms with van der Waals surface area (Å²) in [5.41, 5.74) is 1.89. The van der Waals surface area contributed by atoms with Crippen LogP contribution in [0, 0.1) is 6.92 Å². The van der Waals surface area contributed by atoms with Crippen LogP contribution in [0.3, 0.4) is 0 Å². The van der Waals surface area contributed by atoms with Gasteiger partial charge in [0.05, 0.1) is 12.8 Å². The van der Waals surface area contributed by atoms with E-state index in [0.717, 1.165) is 11.3 Å². The van der Waals surface area contributed by atoms with Crippen molar-refractivity contribution in [2.75, 3.05) is 26.0 Å². The summed E-state index contributed by atoms with van der Waals surface area (Å²) in [7, 11) is 3.20. The van der Waals surface area contributed by atoms with Crippen molar-refractivity contribution in [1.29, 1.82) is 0 Å². The largest absolute Gasteiger partial charge is 0.495 e. The number of hydrogen-bond donors (Lipinski definition) is 3. The lowest BCUT2D eigenvalue weighted by atomic mass is 10.2. The molecule has 1 aromatic rings. The minimum Gasteiger partial charge on any atom is -0.495 e. The lowest BCUT2D eigenvalue weighted by Crippen LogP contribution is -2.39. The second-order valence-corrected chi connectivity index (χ2v) is 3.76. The molecule has 1 unspecified atom stereocenters. The predicted octanol–water partition coefficient (Wildman–Crippen LogP) is 1.09. The molecule has 0 radical (unpaired) electrons. The molecule has 0 aliphatic carbocycles. The summed E-state index contributed by atoms with van der Waals surface area (Å²) < 4.78 is 5.20. The Morgan fingerprint density at radius 2 is 2.24 bits per heavy atom. The van der Waals surface area contributed by atoms with Crippen LogP contribution in [0.5, 0.6) is 5.75 Å². The maximum atomic E-state index is 10.8. The molecule has 0 bridgehead atoms. The van der Waals surface area contributed by atoms with Gasteiger partial charge in [-0.25, -0.2) is 0 Å². The zero-order chi connectivity index (χ0) is 12.8. The molecule has 0 aliphatic heterocycles. The molecule has 0 aliphatic rings. The van der Waals surface area contributed by atoms with Crippen molar-refractivity contribution >= 4 is 11.7 Å². The Bertz CT molecular complexity index is 393. The average Bonchev–Trinajstić information content (AvgIpc) is 2.29. The number of nitrogens with one attached hydrogen (secondary N) is 2. The summed E-state index contributed by atoms with van der Waals surface area (Å²) >= 11 is 0. The molecule has 5 heteroatoms. The molecule has 0 heterocycles. The third-order valence-electron chi connectivity index (χ3n) is 2.50. The minimum absolute atomic E-state index is 0.297. The van der Waals surface area contributed by atoms with E-state index in [9.17, 15) is 4.79 Å². The number of hydrogen-bond acceptors (Lipinski definition) is 4. The highest BCUT2D eigenvalue weighted by atomic mass is 16.5. The van der Waals surface area contributed by atoms with Gasteiger partial charge in [-0.15, -0.1) is 0 Å². The molecule has 0 saturated carbocycles. The quantitative estimate of drug-likeness (QED) is 0.692. The Kier molecular flexibility index (Phi) is 4.78. The van der Waals surface area contributed by atoms with Gasteiger partial charge in [0.1, 0.15) is 11.8 Å². The fourth-order valence-electron chi connectivity index (χ4n) is 1.48. The Balaban J connectivity index is 2.73. The number of methoxy groups -OCH3 is 1. The predicted molar refractivity (Wildman–Crippen MR) is 66.7 cm³/mol. The van der Waals surface area contributed by atoms with E-state index in [4.69, 9.17) is 9.84 Å². The van der Waals surface area contributed by atoms with E-state index in [2.05, 4.69) is 10.6 Å². The first-order valence-electron chi connectivity index (χ1n) is 5.37. The minimum atomic E-state index is -0.883. The maximum absolute atomic E-state index is 10.8. The van der Waals surface area contributed by atoms with Crippen molar-refractivity contribution in [3.05, 3.63) is 23.8 Å². The van der Waals surface area contributed by atoms with Crippen molar-refractivity contribution in [2.24, 2.45) is 0 Å². The summed E-state index contributed by atoms with van der Waals surface area (Å²) in [6, 6.07) is 5.09. The first-order valence-corrected chi connectivity index (χ1v) is 5.37. The Morgan fingerprint density at radius 3 is 2.76 bits per heavy atom. The van der Waals surface area contributed by atoms with E-state index in [1.807, 2.05) is 25.1 Å². The molecule has 1 atom stereocenters. The van der Waals surface area contributed by atoms with Crippen LogP contribution in [-0.2, 0) is 4.79 Å². The number of rotatable bonds is 6. The third kappa shape index (κ3) is 3.64. The number of carbonyl (C=O) groups is 1. The van der Waals surface area contributed by atoms with Crippen LogP contribution in [0.4, 0.5) is 5.69 Å². The number of aliphatic carboxylic acids is 1. The first-order chi connectivity index (χ1) is 8.08. The molecule has 1 aromatic carbocycles. The highest BCUT2D eigenvalue weighted by molar-refractivity contribution is 5.74. The molecule has 1 rings (SSSR count). The van der Waals surface area contributed by atoms with Gasteiger partial charge in [0.25, 0.3) is 0 Å². The molecule has 5 nitrogen and oxygen atoms in total. The molecule has 0 fully saturated rings. The van der Waals surface area contributed by atoms with Crippen molar-refractivity contribution < 1.29 is 14.6 Å². The van der Waals surface area contributed by atoms with Crippen molar-refractivity contribution in [3.63, 3.8) is 0 Å². The monoisotopic (exact) mass is 238 g/mol. The van der Waals surface area contributed by atoms with Crippen molar-refractivity contribution in [2.45, 2.75) is 13.0 Å². The standard InChI is InChI=1S/C12H18N2O3/c1-8-4-5-11(17-3)9(6-8)14-7-10(13-2)12(15)16/h4-6,10,13-14H,7H2,1-3H3,(H,15,16). The summed E-state index contributed by atoms with van der Waals surface area (Å²) in [5, 5.41) is 14.7. The Morgan fingerprint density at radius 1 is 1.53 bits per heavy atom. The lowest BCUT2D eigenvalue weighted by Gasteiger charge is -2.15. The molecule has 0 saturated heterocycles. The molecular formula is C12H18N2O3. The van der Waals surface area contributed by atoms with Gasteiger partial charge in [0.15, 0.2) is 0 Å². The van der Waals surface area contributed by atoms with Crippen molar-refractivity contribution in [1.82, 2.24) is 5.32 Å². The highest BCUT2D eigenvalue weighted by Crippen LogP contribution is 2.24. The summed E-state index contributed by atoms with van der Waals surface area (Å²) in [6.45, 7) is 2.27. The zero-order valence-electron chi connectivity index (χ0n) is 10.3. The highest BCUT2D eigenvalue weighted by Gasteiger charge is 2.14. The van der Waals surface area contributed by atoms with Gasteiger partial charge in [-0.2, -0.15) is 0 Å². The summed E-state index contributed by atoms with van der Waals surface area (Å²) in [5.74, 6) is -0.178. The van der Waals surface area contributed by atoms with Crippen LogP contribution in [0.1, 0.15) is 5.56 Å². The second-order valence-electron chi connectivity index (χ2n) is 3.76. The number of carboxylic acids is 1. The molecule has 0 aromatic heterocycles. The average molecular weight is 238 g/mol. The fraction of sp³-hybridized carbons (Fsp3) is 0.417. The number of aryl methyl sites for hydroxylation is 1. The van der Waals surface area contributed by atoms with Gasteiger partial charge in [-0.3, -0.25) is 4.79 Å². The molecule has 3 N–H and O–H groups in total. The van der Waals surface area contributed by atoms with E-state index in [1.54, 1.807) is 14.2 Å². The van der Waals surface area contributed by atoms with Crippen LogP contribution < -0.4 is 15.4 Å². The van der Waals surface area contributed by atoms with Gasteiger partial charge in [-0.05, 0) is 31.7 Å². The van der Waals surface area contributed by atoms with Crippen LogP contribution in [0.15, 0.2) is 18.2 Å². The first kappa shape index (κ1) is 13.3. The topological polar surface area (TPSA) is 70.6 Å². The normalized spacial score (nSPS) is 11.9. The smallest absolute Gasteiger partial charge is 0.322 e. The van der Waals surface area contributed by atoms with Crippen LogP contribution >= 0.6 is 0 Å². The molecule has 94 valence electrons. The van der Waals surface area contributed by atoms with Crippen molar-refractivity contribution in [3.8, 4) is 5.75 Å². The van der Waals surface area contributed by atoms with E-state index >= 15 is 0 Å². The number of carboxylic acid groups (broad SMARTS) is 1. The SMILES string of the molecule is CNC(CNc1cc(C)ccc1OC)C(=O)O. The number of anilines is 1. The number of ether oxygens (including phenoxy) is 1. The van der Waals surface area contributed by atoms with E-state index in [0.29, 0.717) is 12.3 Å². The lowest BCUT2D eigenvalue weighted by molar-refractivity contribution is -0.138. The molecule has 0 spiro atoms. The van der Waals surface area contributed by atoms with Gasteiger partial charge in [-0.1, -0.05) is 6.07 Å². The van der Waals surface area contributed by atoms with E-state index < -0.39 is 12.0 Å². The van der Waals surface area contributed by atoms with E-state index in [-0.39, 0.29) is 0 Å². The fourth-order valence-corrected chi connectivity index (χ4v) is 1.48. The van der Waals surface area contributed by atoms with Gasteiger partial charge in [0.2, 0.25) is 0 Å². The molecule has 17 heavy (non-hydrogen) atoms.